The first kappa shape index (κ1) is 18.0. The third-order valence-electron chi connectivity index (χ3n) is 3.02. The highest BCUT2D eigenvalue weighted by molar-refractivity contribution is 5.98. The number of nitrogens with zero attached hydrogens (tertiary/aromatic N) is 2. The minimum Gasteiger partial charge on any atom is -0.398 e. The topological polar surface area (TPSA) is 71.2 Å². The third-order valence-corrected chi connectivity index (χ3v) is 3.02. The largest absolute Gasteiger partial charge is 0.398 e. The summed E-state index contributed by atoms with van der Waals surface area (Å²) in [6.07, 6.45) is 5.63. The first-order valence-corrected chi connectivity index (χ1v) is 5.86. The highest BCUT2D eigenvalue weighted by Gasteiger charge is 2.25. The van der Waals surface area contributed by atoms with Crippen LogP contribution >= 0.6 is 24.8 Å². The molecule has 108 valence electrons. The molecule has 0 spiro atoms. The number of hydrogen-bond donors (Lipinski definition) is 2. The van der Waals surface area contributed by atoms with Crippen molar-refractivity contribution in [2.45, 2.75) is 18.9 Å². The van der Waals surface area contributed by atoms with Crippen LogP contribution in [0.25, 0.3) is 0 Å². The highest BCUT2D eigenvalue weighted by atomic mass is 35.5. The Morgan fingerprint density at radius 3 is 2.79 bits per heavy atom. The normalized spacial score (nSPS) is 13.4. The Bertz CT molecular complexity index is 412. The van der Waals surface area contributed by atoms with Gasteiger partial charge in [-0.1, -0.05) is 0 Å². The van der Waals surface area contributed by atoms with Gasteiger partial charge in [0.2, 0.25) is 0 Å². The summed E-state index contributed by atoms with van der Waals surface area (Å²) in [4.78, 5) is 18.0. The Kier molecular flexibility index (Phi) is 7.75. The van der Waals surface area contributed by atoms with E-state index in [-0.39, 0.29) is 30.7 Å². The molecule has 2 rings (SSSR count). The van der Waals surface area contributed by atoms with Gasteiger partial charge in [-0.15, -0.1) is 24.8 Å². The molecule has 1 aromatic heterocycles. The molecular weight excluding hydrogens is 287 g/mol. The second-order valence-corrected chi connectivity index (χ2v) is 4.43. The second kappa shape index (κ2) is 8.19. The van der Waals surface area contributed by atoms with E-state index in [0.29, 0.717) is 17.8 Å². The van der Waals surface area contributed by atoms with Gasteiger partial charge in [0.15, 0.2) is 0 Å². The number of nitrogens with one attached hydrogen (secondary N) is 1. The van der Waals surface area contributed by atoms with Crippen LogP contribution in [0.15, 0.2) is 18.5 Å². The average molecular weight is 307 g/mol. The minimum absolute atomic E-state index is 0. The number of amides is 1. The van der Waals surface area contributed by atoms with Crippen LogP contribution in [0.5, 0.6) is 0 Å². The summed E-state index contributed by atoms with van der Waals surface area (Å²) in [5, 5.41) is 2.85. The molecule has 1 fully saturated rings. The van der Waals surface area contributed by atoms with Gasteiger partial charge in [-0.2, -0.15) is 0 Å². The standard InChI is InChI=1S/C12H18N4O.2ClH/c1-16(9-2-3-9)7-6-15-12(17)10-8-14-5-4-11(10)13;;/h4-5,8-9H,2-3,6-7H2,1H3,(H2,13,14)(H,15,17);2*1H. The van der Waals surface area contributed by atoms with Gasteiger partial charge in [-0.25, -0.2) is 0 Å². The summed E-state index contributed by atoms with van der Waals surface area (Å²) < 4.78 is 0. The van der Waals surface area contributed by atoms with Crippen LogP contribution in [-0.2, 0) is 0 Å². The van der Waals surface area contributed by atoms with Crippen LogP contribution in [0, 0.1) is 0 Å². The van der Waals surface area contributed by atoms with Crippen molar-refractivity contribution in [1.29, 1.82) is 0 Å². The van der Waals surface area contributed by atoms with Gasteiger partial charge in [0.1, 0.15) is 0 Å². The molecule has 1 aliphatic carbocycles. The van der Waals surface area contributed by atoms with E-state index in [2.05, 4.69) is 22.2 Å². The van der Waals surface area contributed by atoms with Gasteiger partial charge >= 0.3 is 0 Å². The lowest BCUT2D eigenvalue weighted by Crippen LogP contribution is -2.34. The zero-order valence-electron chi connectivity index (χ0n) is 10.8. The number of anilines is 1. The molecule has 0 bridgehead atoms. The summed E-state index contributed by atoms with van der Waals surface area (Å²) in [7, 11) is 2.09. The van der Waals surface area contributed by atoms with Crippen molar-refractivity contribution in [2.24, 2.45) is 0 Å². The van der Waals surface area contributed by atoms with Crippen molar-refractivity contribution in [1.82, 2.24) is 15.2 Å². The van der Waals surface area contributed by atoms with E-state index in [1.165, 1.54) is 19.0 Å². The molecule has 0 atom stereocenters. The lowest BCUT2D eigenvalue weighted by Gasteiger charge is -2.15. The molecule has 0 saturated heterocycles. The quantitative estimate of drug-likeness (QED) is 0.861. The van der Waals surface area contributed by atoms with E-state index >= 15 is 0 Å². The molecular formula is C12H20Cl2N4O. The molecule has 7 heteroatoms. The maximum Gasteiger partial charge on any atom is 0.254 e. The van der Waals surface area contributed by atoms with Crippen molar-refractivity contribution < 1.29 is 4.79 Å². The number of aromatic nitrogens is 1. The SMILES string of the molecule is CN(CCNC(=O)c1cnccc1N)C1CC1.Cl.Cl. The molecule has 1 amide bonds. The van der Waals surface area contributed by atoms with Crippen LogP contribution in [0.2, 0.25) is 0 Å². The van der Waals surface area contributed by atoms with Crippen molar-refractivity contribution in [3.05, 3.63) is 24.0 Å². The summed E-state index contributed by atoms with van der Waals surface area (Å²) in [6.45, 7) is 1.51. The number of nitrogens with two attached hydrogens (primary N) is 1. The molecule has 0 radical (unpaired) electrons. The Hall–Kier alpha value is -1.04. The molecule has 3 N–H and O–H groups in total. The average Bonchev–Trinajstić information content (AvgIpc) is 3.13. The molecule has 19 heavy (non-hydrogen) atoms. The van der Waals surface area contributed by atoms with Crippen molar-refractivity contribution in [2.75, 3.05) is 25.9 Å². The lowest BCUT2D eigenvalue weighted by molar-refractivity contribution is 0.0950. The van der Waals surface area contributed by atoms with E-state index in [1.807, 2.05) is 0 Å². The number of carbonyl (C=O) groups is 1. The number of rotatable bonds is 5. The Balaban J connectivity index is 0.00000162. The fraction of sp³-hybridized carbons (Fsp3) is 0.500. The molecule has 1 saturated carbocycles. The molecule has 0 aromatic carbocycles. The first-order valence-electron chi connectivity index (χ1n) is 5.86. The maximum atomic E-state index is 11.8. The summed E-state index contributed by atoms with van der Waals surface area (Å²) in [5.74, 6) is -0.153. The number of nitrogen functional groups attached to an aromatic ring is 1. The number of carbonyl (C=O) groups excluding carboxylic acids is 1. The van der Waals surface area contributed by atoms with E-state index in [1.54, 1.807) is 12.3 Å². The maximum absolute atomic E-state index is 11.8. The van der Waals surface area contributed by atoms with E-state index in [0.717, 1.165) is 12.6 Å². The monoisotopic (exact) mass is 306 g/mol. The van der Waals surface area contributed by atoms with E-state index in [4.69, 9.17) is 5.73 Å². The molecule has 0 aliphatic heterocycles. The number of halogens is 2. The van der Waals surface area contributed by atoms with Crippen molar-refractivity contribution in [3.63, 3.8) is 0 Å². The van der Waals surface area contributed by atoms with Crippen molar-refractivity contribution in [3.8, 4) is 0 Å². The lowest BCUT2D eigenvalue weighted by atomic mass is 10.2. The molecule has 1 heterocycles. The fourth-order valence-electron chi connectivity index (χ4n) is 1.73. The van der Waals surface area contributed by atoms with Crippen LogP contribution in [0.3, 0.4) is 0 Å². The van der Waals surface area contributed by atoms with Gasteiger partial charge in [0.05, 0.1) is 5.56 Å². The number of pyridine rings is 1. The predicted molar refractivity (Wildman–Crippen MR) is 81.1 cm³/mol. The molecule has 1 aromatic rings. The molecule has 1 aliphatic rings. The van der Waals surface area contributed by atoms with Crippen molar-refractivity contribution >= 4 is 36.4 Å². The molecule has 0 unspecified atom stereocenters. The Labute approximate surface area is 125 Å². The third kappa shape index (κ3) is 5.22. The van der Waals surface area contributed by atoms with Crippen LogP contribution in [-0.4, -0.2) is 42.0 Å². The second-order valence-electron chi connectivity index (χ2n) is 4.43. The highest BCUT2D eigenvalue weighted by Crippen LogP contribution is 2.24. The first-order chi connectivity index (χ1) is 8.18. The Morgan fingerprint density at radius 1 is 1.53 bits per heavy atom. The van der Waals surface area contributed by atoms with Crippen LogP contribution < -0.4 is 11.1 Å². The van der Waals surface area contributed by atoms with Gasteiger partial charge < -0.3 is 16.0 Å². The summed E-state index contributed by atoms with van der Waals surface area (Å²) >= 11 is 0. The van der Waals surface area contributed by atoms with Gasteiger partial charge in [-0.3, -0.25) is 9.78 Å². The minimum atomic E-state index is -0.153. The zero-order valence-corrected chi connectivity index (χ0v) is 12.5. The smallest absolute Gasteiger partial charge is 0.254 e. The van der Waals surface area contributed by atoms with Crippen LogP contribution in [0.1, 0.15) is 23.2 Å². The predicted octanol–water partition coefficient (Wildman–Crippen LogP) is 1.33. The van der Waals surface area contributed by atoms with Gasteiger partial charge in [0, 0.05) is 37.2 Å². The van der Waals surface area contributed by atoms with Gasteiger partial charge in [-0.05, 0) is 26.0 Å². The zero-order chi connectivity index (χ0) is 12.3. The summed E-state index contributed by atoms with van der Waals surface area (Å²) in [5.41, 5.74) is 6.61. The Morgan fingerprint density at radius 2 is 2.21 bits per heavy atom. The number of hydrogen-bond acceptors (Lipinski definition) is 4. The molecule has 5 nitrogen and oxygen atoms in total. The van der Waals surface area contributed by atoms with E-state index in [9.17, 15) is 4.79 Å². The van der Waals surface area contributed by atoms with Crippen LogP contribution in [0.4, 0.5) is 5.69 Å². The van der Waals surface area contributed by atoms with E-state index < -0.39 is 0 Å². The fourth-order valence-corrected chi connectivity index (χ4v) is 1.73. The number of likely N-dealkylation sites (N-methyl/N-ethyl adjacent to an activating group) is 1. The summed E-state index contributed by atoms with van der Waals surface area (Å²) in [6, 6.07) is 2.35. The van der Waals surface area contributed by atoms with Gasteiger partial charge in [0.25, 0.3) is 5.91 Å².